The summed E-state index contributed by atoms with van der Waals surface area (Å²) >= 11 is 0. The normalized spacial score (nSPS) is 10.5. The monoisotopic (exact) mass is 259 g/mol. The third-order valence-corrected chi connectivity index (χ3v) is 2.76. The molecule has 1 heterocycles. The Balaban J connectivity index is 2.64. The van der Waals surface area contributed by atoms with Crippen LogP contribution in [-0.4, -0.2) is 39.7 Å². The zero-order valence-electron chi connectivity index (χ0n) is 11.5. The van der Waals surface area contributed by atoms with E-state index in [-0.39, 0.29) is 5.91 Å². The molecule has 0 aliphatic carbocycles. The molecule has 100 valence electrons. The molecule has 0 saturated carbocycles. The van der Waals surface area contributed by atoms with Crippen LogP contribution < -0.4 is 5.73 Å². The largest absolute Gasteiger partial charge is 0.399 e. The maximum atomic E-state index is 12.2. The molecule has 1 amide bonds. The molecule has 0 aliphatic heterocycles. The van der Waals surface area contributed by atoms with Crippen molar-refractivity contribution >= 4 is 11.6 Å². The molecule has 2 N–H and O–H groups in total. The molecular formula is C13H17N5O. The number of carbonyl (C=O) groups is 1. The molecule has 19 heavy (non-hydrogen) atoms. The topological polar surface area (TPSA) is 77.0 Å². The number of benzene rings is 1. The van der Waals surface area contributed by atoms with Crippen LogP contribution >= 0.6 is 0 Å². The number of aromatic nitrogens is 3. The molecule has 0 fully saturated rings. The second-order valence-electron chi connectivity index (χ2n) is 4.59. The van der Waals surface area contributed by atoms with E-state index in [0.29, 0.717) is 22.8 Å². The fraction of sp³-hybridized carbons (Fsp3) is 0.308. The Morgan fingerprint density at radius 3 is 2.53 bits per heavy atom. The highest BCUT2D eigenvalue weighted by Gasteiger charge is 2.17. The van der Waals surface area contributed by atoms with Crippen molar-refractivity contribution < 1.29 is 4.79 Å². The number of aryl methyl sites for hydroxylation is 2. The Kier molecular flexibility index (Phi) is 3.25. The Hall–Kier alpha value is -2.37. The fourth-order valence-corrected chi connectivity index (χ4v) is 1.89. The summed E-state index contributed by atoms with van der Waals surface area (Å²) in [5.41, 5.74) is 7.59. The molecule has 0 radical (unpaired) electrons. The summed E-state index contributed by atoms with van der Waals surface area (Å²) in [6, 6.07) is 5.15. The zero-order valence-corrected chi connectivity index (χ0v) is 11.5. The van der Waals surface area contributed by atoms with Gasteiger partial charge in [-0.2, -0.15) is 5.10 Å². The van der Waals surface area contributed by atoms with Crippen LogP contribution in [0, 0.1) is 13.8 Å². The predicted molar refractivity (Wildman–Crippen MR) is 73.3 cm³/mol. The second kappa shape index (κ2) is 4.72. The van der Waals surface area contributed by atoms with E-state index in [2.05, 4.69) is 10.1 Å². The first-order valence-electron chi connectivity index (χ1n) is 5.92. The van der Waals surface area contributed by atoms with Gasteiger partial charge in [0, 0.05) is 19.8 Å². The molecule has 2 rings (SSSR count). The van der Waals surface area contributed by atoms with Crippen LogP contribution in [-0.2, 0) is 0 Å². The third kappa shape index (κ3) is 2.42. The van der Waals surface area contributed by atoms with Gasteiger partial charge in [-0.3, -0.25) is 4.79 Å². The van der Waals surface area contributed by atoms with Gasteiger partial charge in [-0.1, -0.05) is 0 Å². The first-order chi connectivity index (χ1) is 8.90. The van der Waals surface area contributed by atoms with E-state index in [1.54, 1.807) is 37.0 Å². The number of nitrogens with two attached hydrogens (primary N) is 1. The highest BCUT2D eigenvalue weighted by Crippen LogP contribution is 2.20. The van der Waals surface area contributed by atoms with Crippen molar-refractivity contribution in [2.45, 2.75) is 13.8 Å². The van der Waals surface area contributed by atoms with Crippen molar-refractivity contribution in [1.82, 2.24) is 19.7 Å². The van der Waals surface area contributed by atoms with Crippen LogP contribution in [0.15, 0.2) is 18.2 Å². The van der Waals surface area contributed by atoms with Gasteiger partial charge in [-0.15, -0.1) is 0 Å². The van der Waals surface area contributed by atoms with Crippen LogP contribution in [0.3, 0.4) is 0 Å². The van der Waals surface area contributed by atoms with Crippen LogP contribution in [0.1, 0.15) is 22.0 Å². The second-order valence-corrected chi connectivity index (χ2v) is 4.59. The Morgan fingerprint density at radius 2 is 2.00 bits per heavy atom. The molecule has 1 aromatic carbocycles. The van der Waals surface area contributed by atoms with E-state index >= 15 is 0 Å². The molecular weight excluding hydrogens is 242 g/mol. The van der Waals surface area contributed by atoms with Gasteiger partial charge >= 0.3 is 0 Å². The van der Waals surface area contributed by atoms with Crippen molar-refractivity contribution in [2.75, 3.05) is 19.8 Å². The van der Waals surface area contributed by atoms with Crippen molar-refractivity contribution in [3.63, 3.8) is 0 Å². The summed E-state index contributed by atoms with van der Waals surface area (Å²) in [4.78, 5) is 18.0. The van der Waals surface area contributed by atoms with Crippen LogP contribution in [0.4, 0.5) is 5.69 Å². The number of hydrogen-bond acceptors (Lipinski definition) is 4. The van der Waals surface area contributed by atoms with Gasteiger partial charge in [0.05, 0.1) is 11.3 Å². The molecule has 6 nitrogen and oxygen atoms in total. The molecule has 2 aromatic rings. The smallest absolute Gasteiger partial charge is 0.255 e. The van der Waals surface area contributed by atoms with E-state index in [4.69, 9.17) is 5.73 Å². The number of rotatable bonds is 2. The Morgan fingerprint density at radius 1 is 1.32 bits per heavy atom. The van der Waals surface area contributed by atoms with E-state index < -0.39 is 0 Å². The van der Waals surface area contributed by atoms with Gasteiger partial charge in [0.25, 0.3) is 5.91 Å². The number of nitrogens with zero attached hydrogens (tertiary/aromatic N) is 4. The van der Waals surface area contributed by atoms with Gasteiger partial charge in [0.15, 0.2) is 0 Å². The lowest BCUT2D eigenvalue weighted by molar-refractivity contribution is 0.0827. The quantitative estimate of drug-likeness (QED) is 0.821. The van der Waals surface area contributed by atoms with Gasteiger partial charge in [-0.05, 0) is 32.0 Å². The van der Waals surface area contributed by atoms with Crippen molar-refractivity contribution in [3.05, 3.63) is 35.4 Å². The van der Waals surface area contributed by atoms with Crippen LogP contribution in [0.2, 0.25) is 0 Å². The molecule has 0 bridgehead atoms. The van der Waals surface area contributed by atoms with E-state index in [1.807, 2.05) is 13.8 Å². The fourth-order valence-electron chi connectivity index (χ4n) is 1.89. The standard InChI is InChI=1S/C13H17N5O/c1-8-15-9(2)18(16-8)12-7-10(14)5-6-11(12)13(19)17(3)4/h5-7H,14H2,1-4H3. The molecule has 0 spiro atoms. The summed E-state index contributed by atoms with van der Waals surface area (Å²) in [5, 5.41) is 4.30. The van der Waals surface area contributed by atoms with Crippen LogP contribution in [0.5, 0.6) is 0 Å². The summed E-state index contributed by atoms with van der Waals surface area (Å²) in [6.45, 7) is 3.65. The van der Waals surface area contributed by atoms with E-state index in [1.165, 1.54) is 4.90 Å². The molecule has 1 aromatic heterocycles. The van der Waals surface area contributed by atoms with Crippen molar-refractivity contribution in [1.29, 1.82) is 0 Å². The number of anilines is 1. The maximum Gasteiger partial charge on any atom is 0.255 e. The summed E-state index contributed by atoms with van der Waals surface area (Å²) in [5.74, 6) is 1.28. The highest BCUT2D eigenvalue weighted by molar-refractivity contribution is 5.98. The minimum atomic E-state index is -0.0949. The van der Waals surface area contributed by atoms with E-state index in [9.17, 15) is 4.79 Å². The molecule has 0 saturated heterocycles. The minimum Gasteiger partial charge on any atom is -0.399 e. The summed E-state index contributed by atoms with van der Waals surface area (Å²) < 4.78 is 1.64. The number of nitrogen functional groups attached to an aromatic ring is 1. The van der Waals surface area contributed by atoms with Crippen LogP contribution in [0.25, 0.3) is 5.69 Å². The molecule has 0 unspecified atom stereocenters. The first kappa shape index (κ1) is 13.1. The maximum absolute atomic E-state index is 12.2. The number of hydrogen-bond donors (Lipinski definition) is 1. The third-order valence-electron chi connectivity index (χ3n) is 2.76. The Bertz CT molecular complexity index is 630. The van der Waals surface area contributed by atoms with Crippen molar-refractivity contribution in [2.24, 2.45) is 0 Å². The Labute approximate surface area is 111 Å². The summed E-state index contributed by atoms with van der Waals surface area (Å²) in [6.07, 6.45) is 0. The van der Waals surface area contributed by atoms with Crippen molar-refractivity contribution in [3.8, 4) is 5.69 Å². The average molecular weight is 259 g/mol. The lowest BCUT2D eigenvalue weighted by atomic mass is 10.1. The van der Waals surface area contributed by atoms with Gasteiger partial charge in [0.1, 0.15) is 11.6 Å². The van der Waals surface area contributed by atoms with Gasteiger partial charge in [-0.25, -0.2) is 9.67 Å². The average Bonchev–Trinajstić information content (AvgIpc) is 2.67. The number of carbonyl (C=O) groups excluding carboxylic acids is 1. The van der Waals surface area contributed by atoms with E-state index in [0.717, 1.165) is 5.82 Å². The SMILES string of the molecule is Cc1nc(C)n(-c2cc(N)ccc2C(=O)N(C)C)n1. The van der Waals surface area contributed by atoms with Gasteiger partial charge < -0.3 is 10.6 Å². The first-order valence-corrected chi connectivity index (χ1v) is 5.92. The predicted octanol–water partition coefficient (Wildman–Crippen LogP) is 1.17. The lowest BCUT2D eigenvalue weighted by Crippen LogP contribution is -2.23. The molecule has 6 heteroatoms. The highest BCUT2D eigenvalue weighted by atomic mass is 16.2. The molecule has 0 aliphatic rings. The minimum absolute atomic E-state index is 0.0949. The summed E-state index contributed by atoms with van der Waals surface area (Å²) in [7, 11) is 3.42. The number of amides is 1. The lowest BCUT2D eigenvalue weighted by Gasteiger charge is -2.15. The zero-order chi connectivity index (χ0) is 14.2. The van der Waals surface area contributed by atoms with Gasteiger partial charge in [0.2, 0.25) is 0 Å². The molecule has 0 atom stereocenters.